The van der Waals surface area contributed by atoms with Crippen LogP contribution >= 0.6 is 0 Å². The van der Waals surface area contributed by atoms with E-state index < -0.39 is 42.9 Å². The van der Waals surface area contributed by atoms with Crippen LogP contribution in [0.3, 0.4) is 0 Å². The van der Waals surface area contributed by atoms with Crippen LogP contribution in [0.2, 0.25) is 0 Å². The Bertz CT molecular complexity index is 759. The van der Waals surface area contributed by atoms with Crippen LogP contribution in [0.25, 0.3) is 11.0 Å². The van der Waals surface area contributed by atoms with E-state index in [0.717, 1.165) is 5.39 Å². The molecule has 0 spiro atoms. The average molecular weight is 337 g/mol. The molecule has 1 aliphatic rings. The lowest BCUT2D eigenvalue weighted by molar-refractivity contribution is -0.254. The highest BCUT2D eigenvalue weighted by Crippen LogP contribution is 2.26. The number of fused-ring (bicyclic) bond motifs is 1. The first kappa shape index (κ1) is 16.9. The molecule has 1 aromatic carbocycles. The van der Waals surface area contributed by atoms with Gasteiger partial charge in [0.2, 0.25) is 0 Å². The van der Waals surface area contributed by atoms with E-state index in [-0.39, 0.29) is 0 Å². The lowest BCUT2D eigenvalue weighted by Crippen LogP contribution is -2.61. The summed E-state index contributed by atoms with van der Waals surface area (Å²) in [5.74, 6) is 0. The molecule has 0 aliphatic carbocycles. The van der Waals surface area contributed by atoms with Crippen LogP contribution in [-0.4, -0.2) is 59.7 Å². The van der Waals surface area contributed by atoms with Crippen LogP contribution < -0.4 is 10.9 Å². The summed E-state index contributed by atoms with van der Waals surface area (Å²) < 4.78 is 15.8. The second kappa shape index (κ2) is 6.88. The van der Waals surface area contributed by atoms with Crippen molar-refractivity contribution in [2.45, 2.75) is 30.6 Å². The van der Waals surface area contributed by atoms with Gasteiger partial charge in [-0.15, -0.1) is 0 Å². The number of aliphatic hydroxyl groups excluding tert-OH is 3. The van der Waals surface area contributed by atoms with E-state index in [1.165, 1.54) is 13.2 Å². The lowest BCUT2D eigenvalue weighted by Gasteiger charge is -2.42. The van der Waals surface area contributed by atoms with Gasteiger partial charge >= 0.3 is 5.63 Å². The lowest BCUT2D eigenvalue weighted by atomic mass is 9.96. The minimum atomic E-state index is -1.27. The van der Waals surface area contributed by atoms with Crippen molar-refractivity contribution in [2.24, 2.45) is 0 Å². The summed E-state index contributed by atoms with van der Waals surface area (Å²) in [6.07, 6.45) is -4.30. The molecular weight excluding hydrogens is 318 g/mol. The van der Waals surface area contributed by atoms with Gasteiger partial charge in [-0.1, -0.05) is 0 Å². The van der Waals surface area contributed by atoms with E-state index in [1.807, 2.05) is 0 Å². The molecule has 2 aromatic rings. The van der Waals surface area contributed by atoms with Crippen LogP contribution in [0.15, 0.2) is 39.5 Å². The summed E-state index contributed by atoms with van der Waals surface area (Å²) in [5.41, 5.74) is 0.485. The number of nitrogens with one attached hydrogen (secondary N) is 1. The van der Waals surface area contributed by atoms with E-state index in [0.29, 0.717) is 11.3 Å². The van der Waals surface area contributed by atoms with E-state index in [9.17, 15) is 20.1 Å². The number of hydrogen-bond acceptors (Lipinski definition) is 8. The average Bonchev–Trinajstić information content (AvgIpc) is 2.59. The quantitative estimate of drug-likeness (QED) is 0.559. The summed E-state index contributed by atoms with van der Waals surface area (Å²) in [6.45, 7) is -0.439. The van der Waals surface area contributed by atoms with E-state index in [1.54, 1.807) is 24.3 Å². The fraction of sp³-hybridized carbons (Fsp3) is 0.438. The fourth-order valence-electron chi connectivity index (χ4n) is 2.78. The molecule has 5 atom stereocenters. The zero-order valence-corrected chi connectivity index (χ0v) is 13.0. The monoisotopic (exact) mass is 337 g/mol. The topological polar surface area (TPSA) is 121 Å². The molecule has 130 valence electrons. The third-order valence-corrected chi connectivity index (χ3v) is 4.07. The van der Waals surface area contributed by atoms with Gasteiger partial charge < -0.3 is 34.5 Å². The van der Waals surface area contributed by atoms with Crippen molar-refractivity contribution in [3.63, 3.8) is 0 Å². The Morgan fingerprint density at radius 3 is 2.67 bits per heavy atom. The predicted octanol–water partition coefficient (Wildman–Crippen LogP) is -0.341. The summed E-state index contributed by atoms with van der Waals surface area (Å²) in [6, 6.07) is 7.32. The van der Waals surface area contributed by atoms with Gasteiger partial charge in [-0.2, -0.15) is 0 Å². The number of aliphatic hydroxyl groups is 3. The second-order valence-electron chi connectivity index (χ2n) is 5.62. The Kier molecular flexibility index (Phi) is 4.83. The van der Waals surface area contributed by atoms with Crippen molar-refractivity contribution < 1.29 is 29.2 Å². The zero-order chi connectivity index (χ0) is 17.3. The Balaban J connectivity index is 1.86. The van der Waals surface area contributed by atoms with Crippen LogP contribution in [0.5, 0.6) is 0 Å². The summed E-state index contributed by atoms with van der Waals surface area (Å²) in [7, 11) is 1.40. The smallest absolute Gasteiger partial charge is 0.336 e. The molecule has 8 heteroatoms. The zero-order valence-electron chi connectivity index (χ0n) is 13.0. The molecule has 0 radical (unpaired) electrons. The standard InChI is InChI=1S/C16H19NO7/c1-22-16-13(15(21)14(20)11(7-18)24-16)17-9-4-2-8-3-5-12(19)23-10(8)6-9/h2-6,11,13-18,20-21H,7H2,1H3/t11?,13?,14-,15-,16+/m1/s1. The van der Waals surface area contributed by atoms with Gasteiger partial charge in [0.25, 0.3) is 0 Å². The summed E-state index contributed by atoms with van der Waals surface area (Å²) >= 11 is 0. The molecule has 3 rings (SSSR count). The normalized spacial score (nSPS) is 30.4. The molecular formula is C16H19NO7. The highest BCUT2D eigenvalue weighted by atomic mass is 16.7. The molecule has 24 heavy (non-hydrogen) atoms. The van der Waals surface area contributed by atoms with E-state index in [4.69, 9.17) is 13.9 Å². The molecule has 2 heterocycles. The maximum atomic E-state index is 11.3. The summed E-state index contributed by atoms with van der Waals surface area (Å²) in [4.78, 5) is 11.3. The fourth-order valence-corrected chi connectivity index (χ4v) is 2.78. The van der Waals surface area contributed by atoms with Crippen molar-refractivity contribution in [3.05, 3.63) is 40.8 Å². The molecule has 4 N–H and O–H groups in total. The van der Waals surface area contributed by atoms with E-state index in [2.05, 4.69) is 5.32 Å². The molecule has 0 amide bonds. The van der Waals surface area contributed by atoms with Gasteiger partial charge in [0.15, 0.2) is 6.29 Å². The first-order valence-electron chi connectivity index (χ1n) is 7.49. The van der Waals surface area contributed by atoms with Gasteiger partial charge in [-0.3, -0.25) is 0 Å². The van der Waals surface area contributed by atoms with Gasteiger partial charge in [0.1, 0.15) is 29.9 Å². The Hall–Kier alpha value is -1.97. The highest BCUT2D eigenvalue weighted by Gasteiger charge is 2.44. The minimum absolute atomic E-state index is 0.390. The molecule has 1 aliphatic heterocycles. The Labute approximate surface area is 137 Å². The second-order valence-corrected chi connectivity index (χ2v) is 5.62. The Morgan fingerprint density at radius 2 is 1.96 bits per heavy atom. The largest absolute Gasteiger partial charge is 0.423 e. The third-order valence-electron chi connectivity index (χ3n) is 4.07. The minimum Gasteiger partial charge on any atom is -0.423 e. The molecule has 1 saturated heterocycles. The van der Waals surface area contributed by atoms with Gasteiger partial charge in [-0.05, 0) is 18.2 Å². The summed E-state index contributed by atoms with van der Waals surface area (Å²) in [5, 5.41) is 33.3. The number of benzene rings is 1. The van der Waals surface area contributed by atoms with Crippen molar-refractivity contribution in [3.8, 4) is 0 Å². The number of rotatable bonds is 4. The van der Waals surface area contributed by atoms with Crippen LogP contribution in [-0.2, 0) is 9.47 Å². The third kappa shape index (κ3) is 3.14. The van der Waals surface area contributed by atoms with Crippen molar-refractivity contribution >= 4 is 16.7 Å². The van der Waals surface area contributed by atoms with Gasteiger partial charge in [0, 0.05) is 30.3 Å². The molecule has 2 unspecified atom stereocenters. The maximum absolute atomic E-state index is 11.3. The van der Waals surface area contributed by atoms with E-state index >= 15 is 0 Å². The molecule has 1 fully saturated rings. The number of anilines is 1. The maximum Gasteiger partial charge on any atom is 0.336 e. The first-order chi connectivity index (χ1) is 11.5. The van der Waals surface area contributed by atoms with Crippen molar-refractivity contribution in [1.29, 1.82) is 0 Å². The van der Waals surface area contributed by atoms with Gasteiger partial charge in [0.05, 0.1) is 6.61 Å². The van der Waals surface area contributed by atoms with Crippen LogP contribution in [0.4, 0.5) is 5.69 Å². The molecule has 0 saturated carbocycles. The van der Waals surface area contributed by atoms with Crippen molar-refractivity contribution in [2.75, 3.05) is 19.0 Å². The number of hydrogen-bond donors (Lipinski definition) is 4. The number of methoxy groups -OCH3 is 1. The molecule has 8 nitrogen and oxygen atoms in total. The Morgan fingerprint density at radius 1 is 1.21 bits per heavy atom. The number of ether oxygens (including phenoxy) is 2. The van der Waals surface area contributed by atoms with Crippen LogP contribution in [0, 0.1) is 0 Å². The SMILES string of the molecule is CO[C@H]1OC(CO)[C@@H](O)[C@H](O)C1Nc1ccc2ccc(=O)oc2c1. The molecule has 0 bridgehead atoms. The van der Waals surface area contributed by atoms with Gasteiger partial charge in [-0.25, -0.2) is 4.79 Å². The van der Waals surface area contributed by atoms with Crippen LogP contribution in [0.1, 0.15) is 0 Å². The first-order valence-corrected chi connectivity index (χ1v) is 7.49. The molecule has 1 aromatic heterocycles. The van der Waals surface area contributed by atoms with Crippen molar-refractivity contribution in [1.82, 2.24) is 0 Å². The predicted molar refractivity (Wildman–Crippen MR) is 84.7 cm³/mol. The highest BCUT2D eigenvalue weighted by molar-refractivity contribution is 5.80.